The molecule has 1 aliphatic heterocycles. The number of carboxylic acid groups (broad SMARTS) is 4. The van der Waals surface area contributed by atoms with Crippen LogP contribution in [0.3, 0.4) is 0 Å². The van der Waals surface area contributed by atoms with Gasteiger partial charge in [-0.3, -0.25) is 5.32 Å². The molecule has 0 aromatic heterocycles. The Morgan fingerprint density at radius 1 is 0.571 bits per heavy atom. The summed E-state index contributed by atoms with van der Waals surface area (Å²) in [7, 11) is 0. The van der Waals surface area contributed by atoms with Gasteiger partial charge in [0, 0.05) is 23.8 Å². The van der Waals surface area contributed by atoms with Gasteiger partial charge in [0.05, 0.1) is 24.0 Å². The largest absolute Gasteiger partial charge is 1.00 e. The van der Waals surface area contributed by atoms with Gasteiger partial charge in [0.25, 0.3) is 0 Å². The molecular weight excluding hydrogens is 330 g/mol. The van der Waals surface area contributed by atoms with E-state index in [4.69, 9.17) is 0 Å². The third-order valence-corrected chi connectivity index (χ3v) is 2.52. The minimum absolute atomic E-state index is 0. The van der Waals surface area contributed by atoms with Crippen molar-refractivity contribution in [1.82, 2.24) is 5.32 Å². The standard InChI is InChI=1S/C8H9NO8.4Na/c10-5(11)1-2(6(12)13)4(8(16)17)9-3(1)7(14)15;;;;/h1-4,9H,(H,10,11)(H,12,13)(H,14,15)(H,16,17);;;;/q;4*+1/p-4. The van der Waals surface area contributed by atoms with Crippen LogP contribution >= 0.6 is 0 Å². The first kappa shape index (κ1) is 30.7. The van der Waals surface area contributed by atoms with Crippen LogP contribution in [0.5, 0.6) is 0 Å². The Hall–Kier alpha value is 1.84. The summed E-state index contributed by atoms with van der Waals surface area (Å²) >= 11 is 0. The number of nitrogens with one attached hydrogen (secondary N) is 1. The van der Waals surface area contributed by atoms with E-state index in [2.05, 4.69) is 0 Å². The molecule has 0 aliphatic carbocycles. The number of rotatable bonds is 4. The van der Waals surface area contributed by atoms with Crippen molar-refractivity contribution in [3.8, 4) is 0 Å². The zero-order valence-corrected chi connectivity index (χ0v) is 20.1. The number of hydrogen-bond donors (Lipinski definition) is 1. The Kier molecular flexibility index (Phi) is 19.2. The van der Waals surface area contributed by atoms with Gasteiger partial charge in [0.1, 0.15) is 0 Å². The van der Waals surface area contributed by atoms with Gasteiger partial charge in [-0.15, -0.1) is 0 Å². The summed E-state index contributed by atoms with van der Waals surface area (Å²) in [4.78, 5) is 42.4. The van der Waals surface area contributed by atoms with E-state index in [-0.39, 0.29) is 118 Å². The van der Waals surface area contributed by atoms with Crippen LogP contribution in [-0.4, -0.2) is 36.0 Å². The smallest absolute Gasteiger partial charge is 0.550 e. The number of aliphatic carboxylic acids is 4. The molecule has 1 N–H and O–H groups in total. The Labute approximate surface area is 207 Å². The molecule has 0 spiro atoms. The Bertz CT molecular complexity index is 370. The third-order valence-electron chi connectivity index (χ3n) is 2.52. The quantitative estimate of drug-likeness (QED) is 0.489. The molecule has 1 saturated heterocycles. The first-order valence-electron chi connectivity index (χ1n) is 4.37. The fraction of sp³-hybridized carbons (Fsp3) is 0.500. The summed E-state index contributed by atoms with van der Waals surface area (Å²) in [6.45, 7) is 0. The van der Waals surface area contributed by atoms with Crippen molar-refractivity contribution in [3.63, 3.8) is 0 Å². The van der Waals surface area contributed by atoms with Crippen molar-refractivity contribution >= 4 is 23.9 Å². The van der Waals surface area contributed by atoms with Crippen molar-refractivity contribution < 1.29 is 158 Å². The Morgan fingerprint density at radius 3 is 0.952 bits per heavy atom. The SMILES string of the molecule is O=C([O-])C1NC(C(=O)[O-])C(C(=O)[O-])C1C(=O)[O-].[Na+].[Na+].[Na+].[Na+]. The molecule has 4 unspecified atom stereocenters. The van der Waals surface area contributed by atoms with Crippen LogP contribution in [0, 0.1) is 11.8 Å². The molecule has 0 aromatic rings. The van der Waals surface area contributed by atoms with Crippen LogP contribution in [0.2, 0.25) is 0 Å². The maximum Gasteiger partial charge on any atom is 1.00 e. The molecule has 0 bridgehead atoms. The molecule has 0 aromatic carbocycles. The van der Waals surface area contributed by atoms with Crippen LogP contribution in [0.4, 0.5) is 0 Å². The van der Waals surface area contributed by atoms with Crippen molar-refractivity contribution in [1.29, 1.82) is 0 Å². The van der Waals surface area contributed by atoms with Crippen molar-refractivity contribution in [2.75, 3.05) is 0 Å². The maximum absolute atomic E-state index is 10.7. The second-order valence-corrected chi connectivity index (χ2v) is 3.45. The van der Waals surface area contributed by atoms with Gasteiger partial charge in [0.2, 0.25) is 0 Å². The molecule has 0 amide bonds. The minimum atomic E-state index is -2.10. The molecule has 21 heavy (non-hydrogen) atoms. The van der Waals surface area contributed by atoms with Crippen LogP contribution in [0.25, 0.3) is 0 Å². The van der Waals surface area contributed by atoms with Crippen molar-refractivity contribution in [2.45, 2.75) is 12.1 Å². The molecular formula is C8H5NNa4O8. The summed E-state index contributed by atoms with van der Waals surface area (Å²) in [5.74, 6) is -12.2. The predicted molar refractivity (Wildman–Crippen MR) is 37.7 cm³/mol. The number of carbonyl (C=O) groups is 4. The molecule has 1 heterocycles. The molecule has 13 heteroatoms. The van der Waals surface area contributed by atoms with E-state index in [1.165, 1.54) is 0 Å². The topological polar surface area (TPSA) is 173 Å². The van der Waals surface area contributed by atoms with E-state index in [1.54, 1.807) is 5.32 Å². The van der Waals surface area contributed by atoms with Gasteiger partial charge in [0.15, 0.2) is 0 Å². The van der Waals surface area contributed by atoms with Gasteiger partial charge in [-0.2, -0.15) is 0 Å². The Morgan fingerprint density at radius 2 is 0.810 bits per heavy atom. The second kappa shape index (κ2) is 13.2. The summed E-state index contributed by atoms with van der Waals surface area (Å²) in [6, 6.07) is -3.99. The second-order valence-electron chi connectivity index (χ2n) is 3.45. The first-order valence-corrected chi connectivity index (χ1v) is 4.37. The molecule has 9 nitrogen and oxygen atoms in total. The van der Waals surface area contributed by atoms with Gasteiger partial charge in [-0.05, 0) is 0 Å². The normalized spacial score (nSPS) is 25.9. The van der Waals surface area contributed by atoms with Crippen LogP contribution in [-0.2, 0) is 19.2 Å². The van der Waals surface area contributed by atoms with Crippen LogP contribution in [0.1, 0.15) is 0 Å². The van der Waals surface area contributed by atoms with E-state index in [0.717, 1.165) is 0 Å². The first-order chi connectivity index (χ1) is 7.77. The Balaban J connectivity index is -0.000000361. The van der Waals surface area contributed by atoms with Gasteiger partial charge < -0.3 is 39.6 Å². The molecule has 4 atom stereocenters. The van der Waals surface area contributed by atoms with Gasteiger partial charge in [-0.25, -0.2) is 0 Å². The average molecular weight is 335 g/mol. The van der Waals surface area contributed by atoms with E-state index in [1.807, 2.05) is 0 Å². The molecule has 94 valence electrons. The van der Waals surface area contributed by atoms with Crippen LogP contribution < -0.4 is 144 Å². The van der Waals surface area contributed by atoms with E-state index < -0.39 is 47.8 Å². The van der Waals surface area contributed by atoms with Crippen LogP contribution in [0.15, 0.2) is 0 Å². The zero-order chi connectivity index (χ0) is 13.3. The third kappa shape index (κ3) is 7.51. The van der Waals surface area contributed by atoms with E-state index in [0.29, 0.717) is 0 Å². The fourth-order valence-electron chi connectivity index (χ4n) is 1.81. The number of hydrogen-bond acceptors (Lipinski definition) is 9. The zero-order valence-electron chi connectivity index (χ0n) is 12.1. The van der Waals surface area contributed by atoms with E-state index in [9.17, 15) is 39.6 Å². The molecule has 1 fully saturated rings. The van der Waals surface area contributed by atoms with E-state index >= 15 is 0 Å². The number of carbonyl (C=O) groups excluding carboxylic acids is 4. The molecule has 1 rings (SSSR count). The average Bonchev–Trinajstić information content (AvgIpc) is 2.56. The molecule has 0 saturated carbocycles. The summed E-state index contributed by atoms with van der Waals surface area (Å²) in [6.07, 6.45) is 0. The summed E-state index contributed by atoms with van der Waals surface area (Å²) in [5.41, 5.74) is 0. The van der Waals surface area contributed by atoms with Crippen molar-refractivity contribution in [2.24, 2.45) is 11.8 Å². The summed E-state index contributed by atoms with van der Waals surface area (Å²) < 4.78 is 0. The van der Waals surface area contributed by atoms with Gasteiger partial charge >= 0.3 is 118 Å². The fourth-order valence-corrected chi connectivity index (χ4v) is 1.81. The monoisotopic (exact) mass is 335 g/mol. The number of carboxylic acids is 4. The van der Waals surface area contributed by atoms with Gasteiger partial charge in [-0.1, -0.05) is 0 Å². The molecule has 0 radical (unpaired) electrons. The minimum Gasteiger partial charge on any atom is -0.550 e. The predicted octanol–water partition coefficient (Wildman–Crippen LogP) is -19.4. The summed E-state index contributed by atoms with van der Waals surface area (Å²) in [5, 5.41) is 44.2. The van der Waals surface area contributed by atoms with Crippen molar-refractivity contribution in [3.05, 3.63) is 0 Å². The molecule has 1 aliphatic rings. The maximum atomic E-state index is 10.7.